The SMILES string of the molecule is NCCNc1ncc(Oc2cccc(Br)c2)cn1. The van der Waals surface area contributed by atoms with Gasteiger partial charge in [0, 0.05) is 17.6 Å². The fourth-order valence-electron chi connectivity index (χ4n) is 1.31. The Kier molecular flexibility index (Phi) is 4.49. The second kappa shape index (κ2) is 6.32. The summed E-state index contributed by atoms with van der Waals surface area (Å²) in [6, 6.07) is 7.58. The Hall–Kier alpha value is -1.66. The number of anilines is 1. The average molecular weight is 309 g/mol. The summed E-state index contributed by atoms with van der Waals surface area (Å²) in [6.45, 7) is 1.19. The van der Waals surface area contributed by atoms with Crippen LogP contribution in [0, 0.1) is 0 Å². The van der Waals surface area contributed by atoms with Gasteiger partial charge in [-0.2, -0.15) is 0 Å². The number of benzene rings is 1. The maximum absolute atomic E-state index is 5.61. The van der Waals surface area contributed by atoms with Gasteiger partial charge < -0.3 is 15.8 Å². The Morgan fingerprint density at radius 2 is 2.00 bits per heavy atom. The van der Waals surface area contributed by atoms with E-state index in [1.165, 1.54) is 0 Å². The van der Waals surface area contributed by atoms with Gasteiger partial charge in [0.05, 0.1) is 12.4 Å². The minimum Gasteiger partial charge on any atom is -0.454 e. The number of ether oxygens (including phenoxy) is 1. The molecule has 2 aromatic rings. The van der Waals surface area contributed by atoms with Crippen LogP contribution in [0.3, 0.4) is 0 Å². The van der Waals surface area contributed by atoms with Crippen LogP contribution in [-0.4, -0.2) is 23.1 Å². The molecule has 5 nitrogen and oxygen atoms in total. The summed E-state index contributed by atoms with van der Waals surface area (Å²) in [5.41, 5.74) is 5.38. The first-order chi connectivity index (χ1) is 8.78. The highest BCUT2D eigenvalue weighted by molar-refractivity contribution is 9.10. The van der Waals surface area contributed by atoms with E-state index in [1.807, 2.05) is 24.3 Å². The molecule has 0 aliphatic carbocycles. The second-order valence-corrected chi connectivity index (χ2v) is 4.43. The van der Waals surface area contributed by atoms with Gasteiger partial charge in [0.2, 0.25) is 5.95 Å². The van der Waals surface area contributed by atoms with Gasteiger partial charge in [-0.05, 0) is 18.2 Å². The molecule has 0 aliphatic heterocycles. The molecule has 18 heavy (non-hydrogen) atoms. The smallest absolute Gasteiger partial charge is 0.222 e. The summed E-state index contributed by atoms with van der Waals surface area (Å²) in [5, 5.41) is 2.98. The molecule has 0 unspecified atom stereocenters. The van der Waals surface area contributed by atoms with Crippen molar-refractivity contribution in [3.05, 3.63) is 41.1 Å². The minimum absolute atomic E-state index is 0.541. The van der Waals surface area contributed by atoms with Gasteiger partial charge in [-0.25, -0.2) is 9.97 Å². The lowest BCUT2D eigenvalue weighted by Crippen LogP contribution is -2.14. The van der Waals surface area contributed by atoms with E-state index in [9.17, 15) is 0 Å². The van der Waals surface area contributed by atoms with Crippen LogP contribution in [0.5, 0.6) is 11.5 Å². The number of nitrogens with one attached hydrogen (secondary N) is 1. The first-order valence-corrected chi connectivity index (χ1v) is 6.26. The highest BCUT2D eigenvalue weighted by Gasteiger charge is 2.00. The van der Waals surface area contributed by atoms with Crippen molar-refractivity contribution in [2.45, 2.75) is 0 Å². The number of hydrogen-bond acceptors (Lipinski definition) is 5. The molecule has 0 bridgehead atoms. The molecule has 94 valence electrons. The maximum Gasteiger partial charge on any atom is 0.222 e. The molecule has 0 fully saturated rings. The summed E-state index contributed by atoms with van der Waals surface area (Å²) < 4.78 is 6.57. The van der Waals surface area contributed by atoms with Crippen molar-refractivity contribution in [3.63, 3.8) is 0 Å². The molecule has 0 atom stereocenters. The zero-order valence-electron chi connectivity index (χ0n) is 9.64. The zero-order valence-corrected chi connectivity index (χ0v) is 11.2. The van der Waals surface area contributed by atoms with Crippen molar-refractivity contribution < 1.29 is 4.74 Å². The van der Waals surface area contributed by atoms with Crippen molar-refractivity contribution >= 4 is 21.9 Å². The third kappa shape index (κ3) is 3.68. The van der Waals surface area contributed by atoms with Gasteiger partial charge in [0.15, 0.2) is 5.75 Å². The molecule has 2 rings (SSSR count). The summed E-state index contributed by atoms with van der Waals surface area (Å²) in [6.07, 6.45) is 3.24. The third-order valence-electron chi connectivity index (χ3n) is 2.09. The van der Waals surface area contributed by atoms with Crippen molar-refractivity contribution in [3.8, 4) is 11.5 Å². The molecule has 1 aromatic carbocycles. The molecular weight excluding hydrogens is 296 g/mol. The van der Waals surface area contributed by atoms with Crippen LogP contribution < -0.4 is 15.8 Å². The fraction of sp³-hybridized carbons (Fsp3) is 0.167. The van der Waals surface area contributed by atoms with E-state index >= 15 is 0 Å². The first-order valence-electron chi connectivity index (χ1n) is 5.47. The highest BCUT2D eigenvalue weighted by Crippen LogP contribution is 2.23. The summed E-state index contributed by atoms with van der Waals surface area (Å²) in [7, 11) is 0. The van der Waals surface area contributed by atoms with Crippen molar-refractivity contribution in [1.82, 2.24) is 9.97 Å². The number of halogens is 1. The van der Waals surface area contributed by atoms with Crippen molar-refractivity contribution in [1.29, 1.82) is 0 Å². The molecule has 0 radical (unpaired) electrons. The van der Waals surface area contributed by atoms with Gasteiger partial charge in [-0.15, -0.1) is 0 Å². The van der Waals surface area contributed by atoms with E-state index in [4.69, 9.17) is 10.5 Å². The predicted octanol–water partition coefficient (Wildman–Crippen LogP) is 2.40. The summed E-state index contributed by atoms with van der Waals surface area (Å²) >= 11 is 3.38. The van der Waals surface area contributed by atoms with Crippen LogP contribution >= 0.6 is 15.9 Å². The van der Waals surface area contributed by atoms with Gasteiger partial charge in [0.1, 0.15) is 5.75 Å². The highest BCUT2D eigenvalue weighted by atomic mass is 79.9. The van der Waals surface area contributed by atoms with Gasteiger partial charge in [0.25, 0.3) is 0 Å². The Bertz CT molecular complexity index is 504. The van der Waals surface area contributed by atoms with Crippen LogP contribution in [0.4, 0.5) is 5.95 Å². The molecule has 0 saturated carbocycles. The van der Waals surface area contributed by atoms with Crippen LogP contribution in [0.1, 0.15) is 0 Å². The molecule has 3 N–H and O–H groups in total. The standard InChI is InChI=1S/C12H13BrN4O/c13-9-2-1-3-10(6-9)18-11-7-16-12(17-8-11)15-5-4-14/h1-3,6-8H,4-5,14H2,(H,15,16,17). The summed E-state index contributed by atoms with van der Waals surface area (Å²) in [5.74, 6) is 1.86. The summed E-state index contributed by atoms with van der Waals surface area (Å²) in [4.78, 5) is 8.24. The Balaban J connectivity index is 2.02. The van der Waals surface area contributed by atoms with Gasteiger partial charge >= 0.3 is 0 Å². The average Bonchev–Trinajstić information content (AvgIpc) is 2.38. The van der Waals surface area contributed by atoms with Crippen LogP contribution in [0.25, 0.3) is 0 Å². The number of aromatic nitrogens is 2. The predicted molar refractivity (Wildman–Crippen MR) is 73.8 cm³/mol. The molecule has 1 heterocycles. The Labute approximate surface area is 114 Å². The third-order valence-corrected chi connectivity index (χ3v) is 2.58. The quantitative estimate of drug-likeness (QED) is 0.887. The Morgan fingerprint density at radius 3 is 2.67 bits per heavy atom. The molecule has 0 spiro atoms. The van der Waals surface area contributed by atoms with E-state index < -0.39 is 0 Å². The molecule has 0 aliphatic rings. The van der Waals surface area contributed by atoms with Crippen molar-refractivity contribution in [2.24, 2.45) is 5.73 Å². The van der Waals surface area contributed by atoms with Crippen LogP contribution in [0.15, 0.2) is 41.1 Å². The lowest BCUT2D eigenvalue weighted by molar-refractivity contribution is 0.477. The van der Waals surface area contributed by atoms with E-state index in [0.29, 0.717) is 24.8 Å². The minimum atomic E-state index is 0.541. The number of hydrogen-bond donors (Lipinski definition) is 2. The number of rotatable bonds is 5. The van der Waals surface area contributed by atoms with E-state index in [2.05, 4.69) is 31.2 Å². The monoisotopic (exact) mass is 308 g/mol. The first kappa shape index (κ1) is 12.8. The molecule has 0 saturated heterocycles. The van der Waals surface area contributed by atoms with Gasteiger partial charge in [-0.1, -0.05) is 22.0 Å². The number of nitrogens with zero attached hydrogens (tertiary/aromatic N) is 2. The van der Waals surface area contributed by atoms with Crippen LogP contribution in [0.2, 0.25) is 0 Å². The van der Waals surface area contributed by atoms with Gasteiger partial charge in [-0.3, -0.25) is 0 Å². The topological polar surface area (TPSA) is 73.1 Å². The molecule has 6 heteroatoms. The van der Waals surface area contributed by atoms with Crippen LogP contribution in [-0.2, 0) is 0 Å². The Morgan fingerprint density at radius 1 is 1.22 bits per heavy atom. The van der Waals surface area contributed by atoms with E-state index in [1.54, 1.807) is 12.4 Å². The lowest BCUT2D eigenvalue weighted by Gasteiger charge is -2.06. The van der Waals surface area contributed by atoms with Crippen molar-refractivity contribution in [2.75, 3.05) is 18.4 Å². The molecule has 0 amide bonds. The molecule has 1 aromatic heterocycles. The second-order valence-electron chi connectivity index (χ2n) is 3.52. The zero-order chi connectivity index (χ0) is 12.8. The lowest BCUT2D eigenvalue weighted by atomic mass is 10.3. The normalized spacial score (nSPS) is 10.1. The van der Waals surface area contributed by atoms with E-state index in [-0.39, 0.29) is 0 Å². The van der Waals surface area contributed by atoms with E-state index in [0.717, 1.165) is 10.2 Å². The largest absolute Gasteiger partial charge is 0.454 e. The molecular formula is C12H13BrN4O. The fourth-order valence-corrected chi connectivity index (χ4v) is 1.69. The maximum atomic E-state index is 5.61. The number of nitrogens with two attached hydrogens (primary N) is 1.